The van der Waals surface area contributed by atoms with Crippen molar-refractivity contribution in [2.75, 3.05) is 31.5 Å². The summed E-state index contributed by atoms with van der Waals surface area (Å²) in [6, 6.07) is 18.5. The molecule has 0 aromatic heterocycles. The largest absolute Gasteiger partial charge is 0.457 e. The number of para-hydroxylation sites is 2. The summed E-state index contributed by atoms with van der Waals surface area (Å²) in [4.78, 5) is 25.9. The maximum atomic E-state index is 13.0. The monoisotopic (exact) mass is 524 g/mol. The van der Waals surface area contributed by atoms with Crippen LogP contribution in [0.3, 0.4) is 0 Å². The van der Waals surface area contributed by atoms with E-state index in [0.717, 1.165) is 32.1 Å². The number of nitro benzene ring substituents is 1. The van der Waals surface area contributed by atoms with E-state index in [9.17, 15) is 23.3 Å². The molecule has 0 unspecified atom stereocenters. The molecule has 1 aliphatic heterocycles. The van der Waals surface area contributed by atoms with E-state index in [-0.39, 0.29) is 22.7 Å². The van der Waals surface area contributed by atoms with Crippen molar-refractivity contribution in [1.29, 1.82) is 0 Å². The van der Waals surface area contributed by atoms with Gasteiger partial charge in [0.25, 0.3) is 21.6 Å². The number of likely N-dealkylation sites (tertiary alicyclic amines) is 1. The van der Waals surface area contributed by atoms with Gasteiger partial charge in [-0.25, -0.2) is 13.1 Å². The molecular weight excluding hydrogens is 496 g/mol. The fraction of sp³-hybridized carbons (Fsp3) is 0.269. The van der Waals surface area contributed by atoms with Crippen molar-refractivity contribution in [3.8, 4) is 11.5 Å². The Bertz CT molecular complexity index is 1360. The molecule has 194 valence electrons. The highest BCUT2D eigenvalue weighted by atomic mass is 32.2. The van der Waals surface area contributed by atoms with Crippen molar-refractivity contribution in [2.24, 2.45) is 0 Å². The van der Waals surface area contributed by atoms with Crippen LogP contribution in [0.15, 0.2) is 77.7 Å². The molecule has 0 spiro atoms. The van der Waals surface area contributed by atoms with Crippen LogP contribution in [0.4, 0.5) is 11.4 Å². The second-order valence-corrected chi connectivity index (χ2v) is 10.3. The molecule has 3 aromatic carbocycles. The molecule has 0 aliphatic carbocycles. The van der Waals surface area contributed by atoms with E-state index in [2.05, 4.69) is 10.2 Å². The Morgan fingerprint density at radius 1 is 1.00 bits per heavy atom. The number of nitrogens with one attached hydrogen (secondary N) is 2. The number of nitrogens with zero attached hydrogens (tertiary/aromatic N) is 2. The molecule has 1 heterocycles. The normalized spacial score (nSPS) is 13.7. The van der Waals surface area contributed by atoms with Gasteiger partial charge in [-0.1, -0.05) is 30.3 Å². The maximum absolute atomic E-state index is 13.0. The lowest BCUT2D eigenvalue weighted by molar-refractivity contribution is -0.384. The van der Waals surface area contributed by atoms with E-state index in [1.54, 1.807) is 42.5 Å². The van der Waals surface area contributed by atoms with Crippen LogP contribution in [0, 0.1) is 10.1 Å². The number of carbonyl (C=O) groups excluding carboxylic acids is 1. The van der Waals surface area contributed by atoms with Gasteiger partial charge in [-0.05, 0) is 75.3 Å². The number of benzene rings is 3. The van der Waals surface area contributed by atoms with Crippen molar-refractivity contribution < 1.29 is 22.9 Å². The van der Waals surface area contributed by atoms with Gasteiger partial charge in [0.15, 0.2) is 0 Å². The van der Waals surface area contributed by atoms with Crippen LogP contribution in [-0.4, -0.2) is 50.3 Å². The fourth-order valence-corrected chi connectivity index (χ4v) is 5.09. The molecule has 37 heavy (non-hydrogen) atoms. The van der Waals surface area contributed by atoms with E-state index >= 15 is 0 Å². The Labute approximate surface area is 215 Å². The average Bonchev–Trinajstić information content (AvgIpc) is 3.41. The van der Waals surface area contributed by atoms with Crippen LogP contribution in [0.5, 0.6) is 11.5 Å². The lowest BCUT2D eigenvalue weighted by Gasteiger charge is -2.15. The number of nitro groups is 1. The Hall–Kier alpha value is -3.96. The van der Waals surface area contributed by atoms with Crippen LogP contribution in [-0.2, 0) is 10.0 Å². The second kappa shape index (κ2) is 11.8. The number of hydrogen-bond acceptors (Lipinski definition) is 8. The van der Waals surface area contributed by atoms with Gasteiger partial charge in [-0.2, -0.15) is 0 Å². The number of rotatable bonds is 11. The zero-order valence-corrected chi connectivity index (χ0v) is 20.9. The highest BCUT2D eigenvalue weighted by Gasteiger charge is 2.25. The molecule has 1 aliphatic rings. The quantitative estimate of drug-likeness (QED) is 0.214. The third-order valence-electron chi connectivity index (χ3n) is 5.97. The highest BCUT2D eigenvalue weighted by Crippen LogP contribution is 2.29. The first-order chi connectivity index (χ1) is 17.8. The number of ether oxygens (including phenoxy) is 1. The van der Waals surface area contributed by atoms with Gasteiger partial charge in [-0.15, -0.1) is 0 Å². The van der Waals surface area contributed by atoms with E-state index in [1.807, 2.05) is 10.8 Å². The van der Waals surface area contributed by atoms with Gasteiger partial charge < -0.3 is 15.0 Å². The van der Waals surface area contributed by atoms with E-state index in [4.69, 9.17) is 4.74 Å². The lowest BCUT2D eigenvalue weighted by atomic mass is 10.2. The van der Waals surface area contributed by atoms with E-state index < -0.39 is 25.7 Å². The van der Waals surface area contributed by atoms with Crippen molar-refractivity contribution in [1.82, 2.24) is 9.62 Å². The zero-order valence-electron chi connectivity index (χ0n) is 20.1. The van der Waals surface area contributed by atoms with E-state index in [1.165, 1.54) is 31.0 Å². The van der Waals surface area contributed by atoms with Crippen LogP contribution < -0.4 is 14.8 Å². The SMILES string of the molecule is O=C(NS(=O)(=O)c1ccc(NCCCN2CCCC2)c([N+](=O)[O-])c1)c1ccccc1Oc1ccccc1. The number of carbonyl (C=O) groups is 1. The second-order valence-electron chi connectivity index (χ2n) is 8.61. The minimum Gasteiger partial charge on any atom is -0.457 e. The summed E-state index contributed by atoms with van der Waals surface area (Å²) in [6.07, 6.45) is 3.19. The van der Waals surface area contributed by atoms with Gasteiger partial charge >= 0.3 is 0 Å². The third kappa shape index (κ3) is 6.83. The molecule has 0 atom stereocenters. The van der Waals surface area contributed by atoms with Gasteiger partial charge in [0.1, 0.15) is 17.2 Å². The lowest BCUT2D eigenvalue weighted by Crippen LogP contribution is -2.31. The minimum atomic E-state index is -4.40. The predicted molar refractivity (Wildman–Crippen MR) is 139 cm³/mol. The molecule has 2 N–H and O–H groups in total. The standard InChI is InChI=1S/C26H28N4O6S/c31-26(22-11-4-5-12-25(22)36-20-9-2-1-3-10-20)28-37(34,35)21-13-14-23(24(19-21)30(32)33)27-15-8-18-29-16-6-7-17-29/h1-5,9-14,19,27H,6-8,15-18H2,(H,28,31). The van der Waals surface area contributed by atoms with Crippen molar-refractivity contribution >= 4 is 27.3 Å². The number of amides is 1. The molecular formula is C26H28N4O6S. The fourth-order valence-electron chi connectivity index (χ4n) is 4.11. The first-order valence-corrected chi connectivity index (χ1v) is 13.5. The zero-order chi connectivity index (χ0) is 26.3. The Morgan fingerprint density at radius 2 is 1.70 bits per heavy atom. The van der Waals surface area contributed by atoms with Gasteiger partial charge in [0.2, 0.25) is 0 Å². The number of anilines is 1. The van der Waals surface area contributed by atoms with Crippen molar-refractivity contribution in [2.45, 2.75) is 24.2 Å². The summed E-state index contributed by atoms with van der Waals surface area (Å²) in [6.45, 7) is 3.55. The van der Waals surface area contributed by atoms with Crippen molar-refractivity contribution in [3.63, 3.8) is 0 Å². The Balaban J connectivity index is 1.46. The van der Waals surface area contributed by atoms with Gasteiger partial charge in [0, 0.05) is 12.6 Å². The summed E-state index contributed by atoms with van der Waals surface area (Å²) in [5, 5.41) is 14.7. The first-order valence-electron chi connectivity index (χ1n) is 12.0. The molecule has 0 saturated carbocycles. The number of sulfonamides is 1. The molecule has 3 aromatic rings. The Kier molecular flexibility index (Phi) is 8.36. The van der Waals surface area contributed by atoms with Gasteiger partial charge in [-0.3, -0.25) is 14.9 Å². The molecule has 10 nitrogen and oxygen atoms in total. The summed E-state index contributed by atoms with van der Waals surface area (Å²) in [7, 11) is -4.40. The molecule has 1 fully saturated rings. The number of hydrogen-bond donors (Lipinski definition) is 2. The minimum absolute atomic E-state index is 0.000664. The van der Waals surface area contributed by atoms with Crippen LogP contribution in [0.2, 0.25) is 0 Å². The van der Waals surface area contributed by atoms with Crippen LogP contribution in [0.25, 0.3) is 0 Å². The molecule has 11 heteroatoms. The first kappa shape index (κ1) is 26.1. The molecule has 4 rings (SSSR count). The summed E-state index contributed by atoms with van der Waals surface area (Å²) < 4.78 is 33.6. The highest BCUT2D eigenvalue weighted by molar-refractivity contribution is 7.90. The van der Waals surface area contributed by atoms with Crippen molar-refractivity contribution in [3.05, 3.63) is 88.5 Å². The predicted octanol–water partition coefficient (Wildman–Crippen LogP) is 4.40. The molecule has 0 bridgehead atoms. The van der Waals surface area contributed by atoms with Crippen LogP contribution in [0.1, 0.15) is 29.6 Å². The van der Waals surface area contributed by atoms with Gasteiger partial charge in [0.05, 0.1) is 15.4 Å². The third-order valence-corrected chi connectivity index (χ3v) is 7.30. The average molecular weight is 525 g/mol. The summed E-state index contributed by atoms with van der Waals surface area (Å²) in [5.41, 5.74) is -0.164. The molecule has 1 amide bonds. The smallest absolute Gasteiger partial charge is 0.293 e. The summed E-state index contributed by atoms with van der Waals surface area (Å²) in [5.74, 6) is -0.274. The van der Waals surface area contributed by atoms with E-state index in [0.29, 0.717) is 12.3 Å². The molecule has 1 saturated heterocycles. The maximum Gasteiger partial charge on any atom is 0.293 e. The van der Waals surface area contributed by atoms with Crippen LogP contribution >= 0.6 is 0 Å². The molecule has 0 radical (unpaired) electrons. The topological polar surface area (TPSA) is 131 Å². The Morgan fingerprint density at radius 3 is 2.43 bits per heavy atom. The summed E-state index contributed by atoms with van der Waals surface area (Å²) >= 11 is 0.